The summed E-state index contributed by atoms with van der Waals surface area (Å²) in [5, 5.41) is 2.17. The third-order valence-corrected chi connectivity index (χ3v) is 5.66. The summed E-state index contributed by atoms with van der Waals surface area (Å²) in [5.41, 5.74) is 5.52. The van der Waals surface area contributed by atoms with Gasteiger partial charge in [-0.15, -0.1) is 0 Å². The number of rotatable bonds is 4. The van der Waals surface area contributed by atoms with E-state index >= 15 is 0 Å². The van der Waals surface area contributed by atoms with Gasteiger partial charge in [-0.05, 0) is 43.1 Å². The van der Waals surface area contributed by atoms with E-state index in [2.05, 4.69) is 50.2 Å². The molecule has 0 spiro atoms. The largest absolute Gasteiger partial charge is 0.481 e. The van der Waals surface area contributed by atoms with Crippen LogP contribution in [0.1, 0.15) is 24.8 Å². The molecule has 0 aliphatic carbocycles. The van der Waals surface area contributed by atoms with Crippen LogP contribution in [0.4, 0.5) is 0 Å². The third-order valence-electron chi connectivity index (χ3n) is 5.66. The molecule has 5 rings (SSSR count). The van der Waals surface area contributed by atoms with Crippen LogP contribution in [0.25, 0.3) is 33.1 Å². The molecule has 0 radical (unpaired) electrons. The van der Waals surface area contributed by atoms with E-state index in [9.17, 15) is 0 Å². The Morgan fingerprint density at radius 2 is 1.75 bits per heavy atom. The number of piperidine rings is 1. The molecule has 4 heterocycles. The van der Waals surface area contributed by atoms with Crippen LogP contribution in [0, 0.1) is 0 Å². The van der Waals surface area contributed by atoms with Crippen LogP contribution in [-0.4, -0.2) is 40.1 Å². The van der Waals surface area contributed by atoms with Crippen molar-refractivity contribution in [3.8, 4) is 17.0 Å². The second-order valence-electron chi connectivity index (χ2n) is 7.55. The summed E-state index contributed by atoms with van der Waals surface area (Å²) in [6.07, 6.45) is 7.76. The Bertz CT molecular complexity index is 1110. The molecule has 0 atom stereocenters. The van der Waals surface area contributed by atoms with Gasteiger partial charge in [0.15, 0.2) is 0 Å². The third kappa shape index (κ3) is 3.22. The van der Waals surface area contributed by atoms with E-state index in [1.165, 1.54) is 43.5 Å². The van der Waals surface area contributed by atoms with E-state index in [1.54, 1.807) is 13.3 Å². The summed E-state index contributed by atoms with van der Waals surface area (Å²) >= 11 is 0. The minimum Gasteiger partial charge on any atom is -0.481 e. The summed E-state index contributed by atoms with van der Waals surface area (Å²) in [7, 11) is 1.64. The van der Waals surface area contributed by atoms with Gasteiger partial charge >= 0.3 is 0 Å². The molecule has 1 N–H and O–H groups in total. The number of aromatic nitrogens is 3. The van der Waals surface area contributed by atoms with Crippen LogP contribution < -0.4 is 4.74 Å². The summed E-state index contributed by atoms with van der Waals surface area (Å²) in [5.74, 6) is 0.612. The van der Waals surface area contributed by atoms with Gasteiger partial charge in [-0.3, -0.25) is 4.90 Å². The number of methoxy groups -OCH3 is 1. The van der Waals surface area contributed by atoms with Crippen LogP contribution in [0.3, 0.4) is 0 Å². The minimum atomic E-state index is 0.612. The van der Waals surface area contributed by atoms with E-state index in [0.29, 0.717) is 5.88 Å². The molecule has 5 nitrogen and oxygen atoms in total. The smallest absolute Gasteiger partial charge is 0.213 e. The molecule has 5 heteroatoms. The lowest BCUT2D eigenvalue weighted by Crippen LogP contribution is -2.28. The zero-order valence-electron chi connectivity index (χ0n) is 16.1. The standard InChI is InChI=1S/C23H24N4O/c1-28-22-12-19-20-11-18(13-25-23(20)26-21(19)14-24-22)17-7-5-16(6-8-17)15-27-9-3-2-4-10-27/h5-8,11-14H,2-4,9-10,15H2,1H3,(H,25,26). The fraction of sp³-hybridized carbons (Fsp3) is 0.304. The fourth-order valence-corrected chi connectivity index (χ4v) is 4.10. The van der Waals surface area contributed by atoms with Crippen LogP contribution in [0.15, 0.2) is 48.8 Å². The molecule has 0 bridgehead atoms. The molecule has 1 aliphatic rings. The van der Waals surface area contributed by atoms with Crippen molar-refractivity contribution >= 4 is 21.9 Å². The van der Waals surface area contributed by atoms with Crippen LogP contribution >= 0.6 is 0 Å². The van der Waals surface area contributed by atoms with Gasteiger partial charge in [0.1, 0.15) is 5.65 Å². The number of likely N-dealkylation sites (tertiary alicyclic amines) is 1. The lowest BCUT2D eigenvalue weighted by Gasteiger charge is -2.26. The molecule has 1 saturated heterocycles. The van der Waals surface area contributed by atoms with Gasteiger partial charge in [-0.1, -0.05) is 30.7 Å². The van der Waals surface area contributed by atoms with Gasteiger partial charge in [-0.2, -0.15) is 0 Å². The number of ether oxygens (including phenoxy) is 1. The van der Waals surface area contributed by atoms with E-state index < -0.39 is 0 Å². The van der Waals surface area contributed by atoms with Crippen molar-refractivity contribution in [2.75, 3.05) is 20.2 Å². The predicted molar refractivity (Wildman–Crippen MR) is 113 cm³/mol. The summed E-state index contributed by atoms with van der Waals surface area (Å²) in [4.78, 5) is 14.8. The first kappa shape index (κ1) is 17.2. The SMILES string of the molecule is COc1cc2c(cn1)[nH]c1ncc(-c3ccc(CN4CCCCC4)cc3)cc12. The van der Waals surface area contributed by atoms with E-state index in [4.69, 9.17) is 4.74 Å². The molecule has 0 saturated carbocycles. The number of benzene rings is 1. The zero-order valence-corrected chi connectivity index (χ0v) is 16.1. The topological polar surface area (TPSA) is 54.0 Å². The molecule has 1 fully saturated rings. The number of fused-ring (bicyclic) bond motifs is 3. The molecule has 28 heavy (non-hydrogen) atoms. The highest BCUT2D eigenvalue weighted by atomic mass is 16.5. The number of H-pyrrole nitrogens is 1. The molecule has 1 aliphatic heterocycles. The Labute approximate surface area is 164 Å². The predicted octanol–water partition coefficient (Wildman–Crippen LogP) is 4.77. The average Bonchev–Trinajstić information content (AvgIpc) is 3.12. The van der Waals surface area contributed by atoms with Crippen LogP contribution in [-0.2, 0) is 6.54 Å². The Morgan fingerprint density at radius 3 is 2.54 bits per heavy atom. The van der Waals surface area contributed by atoms with Crippen molar-refractivity contribution in [1.82, 2.24) is 19.9 Å². The summed E-state index contributed by atoms with van der Waals surface area (Å²) in [6, 6.07) is 13.1. The molecule has 142 valence electrons. The second kappa shape index (κ2) is 7.24. The number of aromatic amines is 1. The van der Waals surface area contributed by atoms with Crippen molar-refractivity contribution in [2.24, 2.45) is 0 Å². The van der Waals surface area contributed by atoms with Gasteiger partial charge in [0.2, 0.25) is 5.88 Å². The summed E-state index contributed by atoms with van der Waals surface area (Å²) in [6.45, 7) is 3.50. The van der Waals surface area contributed by atoms with Gasteiger partial charge in [-0.25, -0.2) is 9.97 Å². The first-order valence-corrected chi connectivity index (χ1v) is 9.93. The van der Waals surface area contributed by atoms with Gasteiger partial charge in [0.05, 0.1) is 18.8 Å². The lowest BCUT2D eigenvalue weighted by atomic mass is 10.0. The summed E-state index contributed by atoms with van der Waals surface area (Å²) < 4.78 is 5.28. The van der Waals surface area contributed by atoms with E-state index in [0.717, 1.165) is 34.0 Å². The number of hydrogen-bond donors (Lipinski definition) is 1. The Hall–Kier alpha value is -2.92. The van der Waals surface area contributed by atoms with Crippen LogP contribution in [0.2, 0.25) is 0 Å². The number of pyridine rings is 2. The fourth-order valence-electron chi connectivity index (χ4n) is 4.10. The first-order valence-electron chi connectivity index (χ1n) is 9.93. The minimum absolute atomic E-state index is 0.612. The number of hydrogen-bond acceptors (Lipinski definition) is 4. The van der Waals surface area contributed by atoms with Gasteiger partial charge in [0, 0.05) is 35.1 Å². The van der Waals surface area contributed by atoms with Crippen molar-refractivity contribution in [3.63, 3.8) is 0 Å². The maximum atomic E-state index is 5.28. The maximum absolute atomic E-state index is 5.28. The number of nitrogens with zero attached hydrogens (tertiary/aromatic N) is 3. The van der Waals surface area contributed by atoms with Gasteiger partial charge in [0.25, 0.3) is 0 Å². The Morgan fingerprint density at radius 1 is 0.929 bits per heavy atom. The van der Waals surface area contributed by atoms with Crippen LogP contribution in [0.5, 0.6) is 5.88 Å². The molecule has 1 aromatic carbocycles. The highest BCUT2D eigenvalue weighted by Crippen LogP contribution is 2.30. The monoisotopic (exact) mass is 372 g/mol. The van der Waals surface area contributed by atoms with E-state index in [-0.39, 0.29) is 0 Å². The zero-order chi connectivity index (χ0) is 18.9. The highest BCUT2D eigenvalue weighted by Gasteiger charge is 2.12. The second-order valence-corrected chi connectivity index (χ2v) is 7.55. The van der Waals surface area contributed by atoms with Crippen molar-refractivity contribution in [1.29, 1.82) is 0 Å². The normalized spacial score (nSPS) is 15.3. The van der Waals surface area contributed by atoms with Crippen molar-refractivity contribution < 1.29 is 4.74 Å². The van der Waals surface area contributed by atoms with Crippen molar-refractivity contribution in [2.45, 2.75) is 25.8 Å². The number of nitrogens with one attached hydrogen (secondary N) is 1. The van der Waals surface area contributed by atoms with Crippen molar-refractivity contribution in [3.05, 3.63) is 54.4 Å². The lowest BCUT2D eigenvalue weighted by molar-refractivity contribution is 0.221. The highest BCUT2D eigenvalue weighted by molar-refractivity contribution is 6.07. The molecule has 0 amide bonds. The molecule has 3 aromatic heterocycles. The quantitative estimate of drug-likeness (QED) is 0.560. The molecular formula is C23H24N4O. The molecule has 4 aromatic rings. The first-order chi connectivity index (χ1) is 13.8. The Balaban J connectivity index is 1.45. The maximum Gasteiger partial charge on any atom is 0.213 e. The molecular weight excluding hydrogens is 348 g/mol. The van der Waals surface area contributed by atoms with Gasteiger partial charge < -0.3 is 9.72 Å². The Kier molecular flexibility index (Phi) is 4.45. The molecule has 0 unspecified atom stereocenters. The average molecular weight is 372 g/mol. The van der Waals surface area contributed by atoms with E-state index in [1.807, 2.05) is 12.3 Å².